The van der Waals surface area contributed by atoms with Gasteiger partial charge in [0.25, 0.3) is 0 Å². The van der Waals surface area contributed by atoms with Gasteiger partial charge in [0.05, 0.1) is 11.6 Å². The maximum absolute atomic E-state index is 13.8. The monoisotopic (exact) mass is 355 g/mol. The first-order valence-electron chi connectivity index (χ1n) is 7.99. The molecule has 6 heteroatoms. The predicted octanol–water partition coefficient (Wildman–Crippen LogP) is 4.38. The minimum Gasteiger partial charge on any atom is -0.487 e. The summed E-state index contributed by atoms with van der Waals surface area (Å²) in [5.41, 5.74) is 0.223. The van der Waals surface area contributed by atoms with Gasteiger partial charge in [0.15, 0.2) is 11.6 Å². The van der Waals surface area contributed by atoms with Crippen molar-refractivity contribution in [1.29, 1.82) is 5.26 Å². The molecule has 0 aromatic heterocycles. The molecule has 0 saturated carbocycles. The second-order valence-electron chi connectivity index (χ2n) is 5.31. The molecule has 5 nitrogen and oxygen atoms in total. The summed E-state index contributed by atoms with van der Waals surface area (Å²) in [5, 5.41) is 8.74. The topological polar surface area (TPSA) is 68.6 Å². The van der Waals surface area contributed by atoms with Crippen molar-refractivity contribution < 1.29 is 23.4 Å². The quantitative estimate of drug-likeness (QED) is 0.519. The summed E-state index contributed by atoms with van der Waals surface area (Å²) < 4.78 is 30.0. The summed E-state index contributed by atoms with van der Waals surface area (Å²) in [6.07, 6.45) is 1.46. The number of nitriles is 1. The number of carbonyl (C=O) groups excluding carboxylic acids is 1. The number of halogens is 1. The molecule has 0 heterocycles. The molecule has 0 amide bonds. The van der Waals surface area contributed by atoms with Gasteiger partial charge < -0.3 is 14.2 Å². The van der Waals surface area contributed by atoms with Crippen molar-refractivity contribution in [3.8, 4) is 23.3 Å². The Morgan fingerprint density at radius 3 is 2.54 bits per heavy atom. The van der Waals surface area contributed by atoms with Crippen molar-refractivity contribution in [1.82, 2.24) is 0 Å². The van der Waals surface area contributed by atoms with Gasteiger partial charge in [-0.15, -0.1) is 0 Å². The van der Waals surface area contributed by atoms with E-state index in [-0.39, 0.29) is 24.0 Å². The Morgan fingerprint density at radius 1 is 1.27 bits per heavy atom. The maximum atomic E-state index is 13.8. The van der Waals surface area contributed by atoms with Crippen LogP contribution in [0.25, 0.3) is 0 Å². The lowest BCUT2D eigenvalue weighted by molar-refractivity contribution is -0.140. The second-order valence-corrected chi connectivity index (χ2v) is 5.31. The SMILES string of the molecule is C=CC(=O)OC[C@@H](CC)Oc1ccc(Oc2ccc(C#N)cc2F)cc1. The lowest BCUT2D eigenvalue weighted by Gasteiger charge is -2.17. The van der Waals surface area contributed by atoms with E-state index >= 15 is 0 Å². The lowest BCUT2D eigenvalue weighted by atomic mass is 10.2. The smallest absolute Gasteiger partial charge is 0.330 e. The molecule has 134 valence electrons. The molecule has 0 bridgehead atoms. The largest absolute Gasteiger partial charge is 0.487 e. The van der Waals surface area contributed by atoms with E-state index in [1.54, 1.807) is 24.3 Å². The summed E-state index contributed by atoms with van der Waals surface area (Å²) in [7, 11) is 0. The lowest BCUT2D eigenvalue weighted by Crippen LogP contribution is -2.23. The van der Waals surface area contributed by atoms with Crippen LogP contribution in [0.4, 0.5) is 4.39 Å². The fraction of sp³-hybridized carbons (Fsp3) is 0.200. The van der Waals surface area contributed by atoms with Crippen LogP contribution in [0.1, 0.15) is 18.9 Å². The number of ether oxygens (including phenoxy) is 3. The first kappa shape index (κ1) is 19.0. The maximum Gasteiger partial charge on any atom is 0.330 e. The minimum absolute atomic E-state index is 0.0282. The summed E-state index contributed by atoms with van der Waals surface area (Å²) in [6, 6.07) is 12.5. The zero-order valence-corrected chi connectivity index (χ0v) is 14.3. The third kappa shape index (κ3) is 5.35. The van der Waals surface area contributed by atoms with Crippen LogP contribution in [0, 0.1) is 17.1 Å². The molecule has 0 unspecified atom stereocenters. The highest BCUT2D eigenvalue weighted by atomic mass is 19.1. The van der Waals surface area contributed by atoms with Gasteiger partial charge >= 0.3 is 5.97 Å². The van der Waals surface area contributed by atoms with Gasteiger partial charge in [0.2, 0.25) is 0 Å². The molecule has 0 N–H and O–H groups in total. The van der Waals surface area contributed by atoms with E-state index in [9.17, 15) is 9.18 Å². The summed E-state index contributed by atoms with van der Waals surface area (Å²) >= 11 is 0. The van der Waals surface area contributed by atoms with Crippen LogP contribution < -0.4 is 9.47 Å². The number of benzene rings is 2. The summed E-state index contributed by atoms with van der Waals surface area (Å²) in [5.74, 6) is -0.0913. The van der Waals surface area contributed by atoms with E-state index in [0.717, 1.165) is 12.1 Å². The van der Waals surface area contributed by atoms with E-state index in [1.807, 2.05) is 13.0 Å². The number of esters is 1. The molecule has 0 aliphatic rings. The van der Waals surface area contributed by atoms with Gasteiger partial charge in [-0.1, -0.05) is 13.5 Å². The number of rotatable bonds is 8. The molecule has 0 aliphatic carbocycles. The fourth-order valence-electron chi connectivity index (χ4n) is 2.03. The van der Waals surface area contributed by atoms with Crippen LogP contribution in [0.15, 0.2) is 55.1 Å². The Balaban J connectivity index is 1.98. The molecule has 0 fully saturated rings. The molecule has 2 rings (SSSR count). The molecule has 1 atom stereocenters. The highest BCUT2D eigenvalue weighted by Gasteiger charge is 2.11. The zero-order valence-electron chi connectivity index (χ0n) is 14.3. The van der Waals surface area contributed by atoms with E-state index < -0.39 is 11.8 Å². The third-order valence-electron chi connectivity index (χ3n) is 3.45. The van der Waals surface area contributed by atoms with Crippen molar-refractivity contribution in [3.05, 3.63) is 66.5 Å². The molecule has 0 radical (unpaired) electrons. The van der Waals surface area contributed by atoms with Gasteiger partial charge in [-0.05, 0) is 48.9 Å². The van der Waals surface area contributed by atoms with Crippen molar-refractivity contribution in [3.63, 3.8) is 0 Å². The van der Waals surface area contributed by atoms with Gasteiger partial charge in [-0.2, -0.15) is 5.26 Å². The fourth-order valence-corrected chi connectivity index (χ4v) is 2.03. The van der Waals surface area contributed by atoms with Crippen LogP contribution >= 0.6 is 0 Å². The van der Waals surface area contributed by atoms with Crippen LogP contribution in [0.2, 0.25) is 0 Å². The molecular weight excluding hydrogens is 337 g/mol. The van der Waals surface area contributed by atoms with Gasteiger partial charge in [-0.3, -0.25) is 0 Å². The molecule has 2 aromatic carbocycles. The van der Waals surface area contributed by atoms with Gasteiger partial charge in [0.1, 0.15) is 24.2 Å². The Kier molecular flexibility index (Phi) is 6.75. The van der Waals surface area contributed by atoms with E-state index in [2.05, 4.69) is 6.58 Å². The van der Waals surface area contributed by atoms with Crippen LogP contribution in [0.5, 0.6) is 17.2 Å². The number of nitrogens with zero attached hydrogens (tertiary/aromatic N) is 1. The van der Waals surface area contributed by atoms with Crippen LogP contribution in [-0.4, -0.2) is 18.7 Å². The zero-order chi connectivity index (χ0) is 18.9. The van der Waals surface area contributed by atoms with Crippen molar-refractivity contribution in [2.75, 3.05) is 6.61 Å². The standard InChI is InChI=1S/C20H18FNO4/c1-3-15(13-24-20(23)4-2)25-16-6-8-17(9-7-16)26-19-10-5-14(12-22)11-18(19)21/h4-11,15H,2-3,13H2,1H3/t15-/m1/s1. The van der Waals surface area contributed by atoms with E-state index in [0.29, 0.717) is 17.9 Å². The Bertz CT molecular complexity index is 812. The first-order valence-corrected chi connectivity index (χ1v) is 7.99. The van der Waals surface area contributed by atoms with Crippen molar-refractivity contribution >= 4 is 5.97 Å². The molecule has 0 aliphatic heterocycles. The second kappa shape index (κ2) is 9.23. The van der Waals surface area contributed by atoms with Crippen molar-refractivity contribution in [2.45, 2.75) is 19.4 Å². The van der Waals surface area contributed by atoms with E-state index in [4.69, 9.17) is 19.5 Å². The Labute approximate surface area is 151 Å². The Hall–Kier alpha value is -3.33. The van der Waals surface area contributed by atoms with Crippen molar-refractivity contribution in [2.24, 2.45) is 0 Å². The summed E-state index contributed by atoms with van der Waals surface area (Å²) in [4.78, 5) is 11.1. The van der Waals surface area contributed by atoms with Crippen LogP contribution in [0.3, 0.4) is 0 Å². The van der Waals surface area contributed by atoms with Gasteiger partial charge in [0, 0.05) is 6.08 Å². The normalized spacial score (nSPS) is 11.1. The third-order valence-corrected chi connectivity index (χ3v) is 3.45. The first-order chi connectivity index (χ1) is 12.5. The average molecular weight is 355 g/mol. The molecule has 0 spiro atoms. The number of hydrogen-bond acceptors (Lipinski definition) is 5. The van der Waals surface area contributed by atoms with Gasteiger partial charge in [-0.25, -0.2) is 9.18 Å². The Morgan fingerprint density at radius 2 is 1.96 bits per heavy atom. The molecule has 0 saturated heterocycles. The molecular formula is C20H18FNO4. The highest BCUT2D eigenvalue weighted by Crippen LogP contribution is 2.27. The predicted molar refractivity (Wildman–Crippen MR) is 93.5 cm³/mol. The molecule has 2 aromatic rings. The average Bonchev–Trinajstić information content (AvgIpc) is 2.67. The summed E-state index contributed by atoms with van der Waals surface area (Å²) in [6.45, 7) is 5.37. The molecule has 26 heavy (non-hydrogen) atoms. The van der Waals surface area contributed by atoms with Crippen LogP contribution in [-0.2, 0) is 9.53 Å². The van der Waals surface area contributed by atoms with E-state index in [1.165, 1.54) is 12.1 Å². The number of carbonyl (C=O) groups is 1. The number of hydrogen-bond donors (Lipinski definition) is 0. The minimum atomic E-state index is -0.612. The highest BCUT2D eigenvalue weighted by molar-refractivity contribution is 5.81.